The number of nitrogens with one attached hydrogen (secondary N) is 1. The third-order valence-electron chi connectivity index (χ3n) is 3.00. The summed E-state index contributed by atoms with van der Waals surface area (Å²) in [5, 5.41) is 14.7. The van der Waals surface area contributed by atoms with Gasteiger partial charge in [-0.15, -0.1) is 0 Å². The quantitative estimate of drug-likeness (QED) is 0.713. The van der Waals surface area contributed by atoms with Gasteiger partial charge in [-0.2, -0.15) is 0 Å². The summed E-state index contributed by atoms with van der Waals surface area (Å²) < 4.78 is 0. The largest absolute Gasteiger partial charge is 0.477 e. The maximum absolute atomic E-state index is 11.6. The van der Waals surface area contributed by atoms with Gasteiger partial charge in [0.15, 0.2) is 5.71 Å². The zero-order valence-electron chi connectivity index (χ0n) is 9.02. The van der Waals surface area contributed by atoms with E-state index >= 15 is 0 Å². The van der Waals surface area contributed by atoms with E-state index in [1.807, 2.05) is 0 Å². The maximum Gasteiger partial charge on any atom is 0.353 e. The molecule has 0 radical (unpaired) electrons. The first-order valence-electron chi connectivity index (χ1n) is 5.24. The minimum atomic E-state index is -1.13. The van der Waals surface area contributed by atoms with E-state index < -0.39 is 12.1 Å². The third kappa shape index (κ3) is 2.32. The van der Waals surface area contributed by atoms with Gasteiger partial charge in [0, 0.05) is 13.0 Å². The molecule has 0 bridgehead atoms. The predicted octanol–water partition coefficient (Wildman–Crippen LogP) is 0.132. The van der Waals surface area contributed by atoms with Crippen molar-refractivity contribution < 1.29 is 19.5 Å². The summed E-state index contributed by atoms with van der Waals surface area (Å²) in [6, 6.07) is 0. The van der Waals surface area contributed by atoms with Crippen molar-refractivity contribution in [3.05, 3.63) is 0 Å². The first-order valence-corrected chi connectivity index (χ1v) is 5.24. The van der Waals surface area contributed by atoms with Crippen molar-refractivity contribution in [2.75, 3.05) is 6.54 Å². The first kappa shape index (κ1) is 10.9. The van der Waals surface area contributed by atoms with Crippen molar-refractivity contribution in [2.45, 2.75) is 32.3 Å². The van der Waals surface area contributed by atoms with E-state index in [4.69, 9.17) is 9.94 Å². The second-order valence-electron chi connectivity index (χ2n) is 4.67. The number of hydrogen-bond donors (Lipinski definition) is 2. The van der Waals surface area contributed by atoms with Crippen LogP contribution in [-0.2, 0) is 14.4 Å². The molecule has 1 atom stereocenters. The second kappa shape index (κ2) is 3.77. The number of carboxylic acid groups (broad SMARTS) is 1. The Bertz CT molecular complexity index is 360. The highest BCUT2D eigenvalue weighted by Gasteiger charge is 2.39. The Labute approximate surface area is 92.6 Å². The summed E-state index contributed by atoms with van der Waals surface area (Å²) in [5.74, 6) is -1.42. The molecule has 0 spiro atoms. The molecule has 1 aliphatic carbocycles. The molecule has 6 nitrogen and oxygen atoms in total. The second-order valence-corrected chi connectivity index (χ2v) is 4.67. The van der Waals surface area contributed by atoms with Crippen molar-refractivity contribution in [3.8, 4) is 0 Å². The fourth-order valence-electron chi connectivity index (χ4n) is 1.45. The van der Waals surface area contributed by atoms with Crippen LogP contribution in [0.3, 0.4) is 0 Å². The molecule has 1 fully saturated rings. The molecule has 0 aromatic rings. The summed E-state index contributed by atoms with van der Waals surface area (Å²) in [4.78, 5) is 26.9. The Hall–Kier alpha value is -1.59. The molecule has 1 heterocycles. The number of carbonyl (C=O) groups excluding carboxylic acids is 1. The molecule has 2 rings (SSSR count). The molecule has 2 aliphatic rings. The van der Waals surface area contributed by atoms with Crippen molar-refractivity contribution in [2.24, 2.45) is 10.6 Å². The third-order valence-corrected chi connectivity index (χ3v) is 3.00. The normalized spacial score (nSPS) is 25.6. The Morgan fingerprint density at radius 3 is 2.81 bits per heavy atom. The van der Waals surface area contributed by atoms with Gasteiger partial charge in [-0.3, -0.25) is 4.79 Å². The lowest BCUT2D eigenvalue weighted by molar-refractivity contribution is -0.131. The molecular formula is C10H14N2O4. The molecule has 1 unspecified atom stereocenters. The van der Waals surface area contributed by atoms with Gasteiger partial charge in [-0.25, -0.2) is 4.79 Å². The van der Waals surface area contributed by atoms with Gasteiger partial charge < -0.3 is 15.3 Å². The summed E-state index contributed by atoms with van der Waals surface area (Å²) in [6.07, 6.45) is 1.50. The molecule has 0 saturated heterocycles. The molecule has 6 heteroatoms. The number of rotatable bonds is 4. The Balaban J connectivity index is 1.77. The average molecular weight is 226 g/mol. The van der Waals surface area contributed by atoms with Crippen LogP contribution in [-0.4, -0.2) is 35.3 Å². The summed E-state index contributed by atoms with van der Waals surface area (Å²) >= 11 is 0. The summed E-state index contributed by atoms with van der Waals surface area (Å²) in [7, 11) is 0. The maximum atomic E-state index is 11.6. The molecule has 0 aromatic carbocycles. The van der Waals surface area contributed by atoms with Crippen LogP contribution >= 0.6 is 0 Å². The average Bonchev–Trinajstić information content (AvgIpc) is 2.81. The van der Waals surface area contributed by atoms with E-state index in [1.165, 1.54) is 0 Å². The van der Waals surface area contributed by atoms with Crippen LogP contribution in [0.2, 0.25) is 0 Å². The van der Waals surface area contributed by atoms with Gasteiger partial charge >= 0.3 is 5.97 Å². The molecule has 2 N–H and O–H groups in total. The van der Waals surface area contributed by atoms with Gasteiger partial charge in [0.1, 0.15) is 0 Å². The fraction of sp³-hybridized carbons (Fsp3) is 0.700. The van der Waals surface area contributed by atoms with Gasteiger partial charge in [-0.1, -0.05) is 12.1 Å². The molecule has 1 aliphatic heterocycles. The van der Waals surface area contributed by atoms with Crippen LogP contribution in [0.4, 0.5) is 0 Å². The highest BCUT2D eigenvalue weighted by atomic mass is 16.6. The van der Waals surface area contributed by atoms with Crippen molar-refractivity contribution in [1.29, 1.82) is 0 Å². The van der Waals surface area contributed by atoms with Gasteiger partial charge in [0.2, 0.25) is 6.10 Å². The minimum Gasteiger partial charge on any atom is -0.477 e. The SMILES string of the molecule is CC1(CNC(=O)C2CC(C(=O)O)=NO2)CC1. The zero-order chi connectivity index (χ0) is 11.8. The zero-order valence-corrected chi connectivity index (χ0v) is 9.02. The van der Waals surface area contributed by atoms with E-state index in [0.717, 1.165) is 12.8 Å². The van der Waals surface area contributed by atoms with Gasteiger partial charge in [-0.05, 0) is 18.3 Å². The van der Waals surface area contributed by atoms with Crippen molar-refractivity contribution in [1.82, 2.24) is 5.32 Å². The molecular weight excluding hydrogens is 212 g/mol. The Morgan fingerprint density at radius 1 is 1.62 bits per heavy atom. The highest BCUT2D eigenvalue weighted by Crippen LogP contribution is 2.44. The molecule has 1 amide bonds. The van der Waals surface area contributed by atoms with Gasteiger partial charge in [0.05, 0.1) is 0 Å². The summed E-state index contributed by atoms with van der Waals surface area (Å²) in [5.41, 5.74) is 0.128. The number of aliphatic carboxylic acids is 1. The molecule has 1 saturated carbocycles. The van der Waals surface area contributed by atoms with E-state index in [0.29, 0.717) is 6.54 Å². The van der Waals surface area contributed by atoms with Crippen LogP contribution in [0, 0.1) is 5.41 Å². The first-order chi connectivity index (χ1) is 7.50. The van der Waals surface area contributed by atoms with E-state index in [9.17, 15) is 9.59 Å². The van der Waals surface area contributed by atoms with E-state index in [-0.39, 0.29) is 23.5 Å². The lowest BCUT2D eigenvalue weighted by Crippen LogP contribution is -2.38. The molecule has 16 heavy (non-hydrogen) atoms. The highest BCUT2D eigenvalue weighted by molar-refractivity contribution is 6.36. The Morgan fingerprint density at radius 2 is 2.31 bits per heavy atom. The number of amides is 1. The van der Waals surface area contributed by atoms with Crippen LogP contribution in [0.25, 0.3) is 0 Å². The predicted molar refractivity (Wildman–Crippen MR) is 54.9 cm³/mol. The number of nitrogens with zero attached hydrogens (tertiary/aromatic N) is 1. The number of oxime groups is 1. The molecule has 0 aromatic heterocycles. The monoisotopic (exact) mass is 226 g/mol. The van der Waals surface area contributed by atoms with Gasteiger partial charge in [0.25, 0.3) is 5.91 Å². The number of carbonyl (C=O) groups is 2. The van der Waals surface area contributed by atoms with Crippen molar-refractivity contribution >= 4 is 17.6 Å². The minimum absolute atomic E-state index is 0.0396. The number of carboxylic acids is 1. The van der Waals surface area contributed by atoms with E-state index in [1.54, 1.807) is 0 Å². The topological polar surface area (TPSA) is 88.0 Å². The Kier molecular flexibility index (Phi) is 2.57. The van der Waals surface area contributed by atoms with Crippen LogP contribution in [0.5, 0.6) is 0 Å². The standard InChI is InChI=1S/C10H14N2O4/c1-10(2-3-10)5-11-8(13)7-4-6(9(14)15)12-16-7/h7H,2-5H2,1H3,(H,11,13)(H,14,15). The van der Waals surface area contributed by atoms with Crippen molar-refractivity contribution in [3.63, 3.8) is 0 Å². The smallest absolute Gasteiger partial charge is 0.353 e. The molecule has 88 valence electrons. The van der Waals surface area contributed by atoms with E-state index in [2.05, 4.69) is 17.4 Å². The summed E-state index contributed by atoms with van der Waals surface area (Å²) in [6.45, 7) is 2.72. The lowest BCUT2D eigenvalue weighted by atomic mass is 10.1. The fourth-order valence-corrected chi connectivity index (χ4v) is 1.45. The lowest BCUT2D eigenvalue weighted by Gasteiger charge is -2.12. The van der Waals surface area contributed by atoms with Crippen LogP contribution in [0.15, 0.2) is 5.16 Å². The van der Waals surface area contributed by atoms with Crippen LogP contribution < -0.4 is 5.32 Å². The number of hydrogen-bond acceptors (Lipinski definition) is 4. The van der Waals surface area contributed by atoms with Crippen LogP contribution in [0.1, 0.15) is 26.2 Å².